The predicted octanol–water partition coefficient (Wildman–Crippen LogP) is 3.92. The van der Waals surface area contributed by atoms with Gasteiger partial charge in [0.1, 0.15) is 6.04 Å². The van der Waals surface area contributed by atoms with Crippen LogP contribution >= 0.6 is 11.8 Å². The van der Waals surface area contributed by atoms with Crippen molar-refractivity contribution < 1.29 is 24.2 Å². The summed E-state index contributed by atoms with van der Waals surface area (Å²) in [6.45, 7) is 10.8. The number of rotatable bonds is 13. The summed E-state index contributed by atoms with van der Waals surface area (Å²) < 4.78 is 4.77. The van der Waals surface area contributed by atoms with E-state index in [0.717, 1.165) is 50.9 Å². The molecule has 3 saturated heterocycles. The van der Waals surface area contributed by atoms with E-state index in [1.54, 1.807) is 23.6 Å². The Balaban J connectivity index is 1.61. The number of nitrogens with one attached hydrogen (secondary N) is 1. The van der Waals surface area contributed by atoms with Crippen molar-refractivity contribution in [3.8, 4) is 0 Å². The molecule has 3 fully saturated rings. The molecule has 0 aromatic heterocycles. The highest BCUT2D eigenvalue weighted by atomic mass is 32.2. The van der Waals surface area contributed by atoms with E-state index >= 15 is 0 Å². The zero-order valence-electron chi connectivity index (χ0n) is 23.2. The molecule has 210 valence electrons. The van der Waals surface area contributed by atoms with Crippen molar-refractivity contribution in [3.05, 3.63) is 24.3 Å². The number of aliphatic hydroxyl groups excluding tert-OH is 1. The molecule has 1 aromatic carbocycles. The first-order valence-electron chi connectivity index (χ1n) is 14.3. The van der Waals surface area contributed by atoms with E-state index in [1.807, 2.05) is 24.3 Å². The number of anilines is 2. The summed E-state index contributed by atoms with van der Waals surface area (Å²) in [7, 11) is 0. The number of benzene rings is 1. The minimum atomic E-state index is -0.648. The monoisotopic (exact) mass is 545 g/mol. The number of carbonyl (C=O) groups excluding carboxylic acids is 3. The number of ether oxygens (including phenoxy) is 1. The number of nitrogens with zero attached hydrogens (tertiary/aromatic N) is 2. The van der Waals surface area contributed by atoms with Gasteiger partial charge in [-0.25, -0.2) is 0 Å². The first-order valence-corrected chi connectivity index (χ1v) is 15.1. The van der Waals surface area contributed by atoms with E-state index in [4.69, 9.17) is 9.84 Å². The van der Waals surface area contributed by atoms with Crippen LogP contribution in [0.5, 0.6) is 0 Å². The van der Waals surface area contributed by atoms with Crippen molar-refractivity contribution in [2.24, 2.45) is 17.8 Å². The van der Waals surface area contributed by atoms with Crippen LogP contribution in [0.1, 0.15) is 59.8 Å². The number of thioether (sulfide) groups is 1. The molecular formula is C29H43N3O5S. The lowest BCUT2D eigenvalue weighted by molar-refractivity contribution is -0.154. The van der Waals surface area contributed by atoms with Gasteiger partial charge in [-0.3, -0.25) is 14.4 Å². The van der Waals surface area contributed by atoms with E-state index in [9.17, 15) is 14.4 Å². The van der Waals surface area contributed by atoms with Gasteiger partial charge in [0.25, 0.3) is 0 Å². The first kappa shape index (κ1) is 28.7. The van der Waals surface area contributed by atoms with Crippen LogP contribution in [0.15, 0.2) is 24.3 Å². The molecule has 2 amide bonds. The Morgan fingerprint density at radius 2 is 1.82 bits per heavy atom. The summed E-state index contributed by atoms with van der Waals surface area (Å²) in [4.78, 5) is 45.1. The van der Waals surface area contributed by atoms with Gasteiger partial charge in [-0.2, -0.15) is 0 Å². The number of unbranched alkanes of at least 4 members (excludes halogenated alkanes) is 3. The third-order valence-corrected chi connectivity index (χ3v) is 10.7. The summed E-state index contributed by atoms with van der Waals surface area (Å²) >= 11 is 1.67. The molecule has 3 heterocycles. The third kappa shape index (κ3) is 5.04. The minimum absolute atomic E-state index is 0.00615. The van der Waals surface area contributed by atoms with Gasteiger partial charge in [-0.05, 0) is 70.2 Å². The van der Waals surface area contributed by atoms with Gasteiger partial charge in [0.15, 0.2) is 0 Å². The van der Waals surface area contributed by atoms with Gasteiger partial charge in [-0.15, -0.1) is 11.8 Å². The number of carbonyl (C=O) groups is 3. The smallest absolute Gasteiger partial charge is 0.310 e. The lowest BCUT2D eigenvalue weighted by atomic mass is 9.66. The molecule has 2 N–H and O–H groups in total. The Hall–Kier alpha value is -2.26. The van der Waals surface area contributed by atoms with Crippen molar-refractivity contribution >= 4 is 40.9 Å². The number of likely N-dealkylation sites (tertiary alicyclic amines) is 1. The maximum absolute atomic E-state index is 14.0. The lowest BCUT2D eigenvalue weighted by Crippen LogP contribution is -2.54. The maximum Gasteiger partial charge on any atom is 0.310 e. The molecule has 3 aliphatic rings. The normalized spacial score (nSPS) is 29.4. The number of fused-ring (bicyclic) bond motifs is 1. The molecule has 3 unspecified atom stereocenters. The second kappa shape index (κ2) is 12.3. The second-order valence-electron chi connectivity index (χ2n) is 10.7. The zero-order chi connectivity index (χ0) is 27.4. The highest BCUT2D eigenvalue weighted by molar-refractivity contribution is 8.02. The van der Waals surface area contributed by atoms with E-state index in [2.05, 4.69) is 31.0 Å². The molecule has 6 atom stereocenters. The third-order valence-electron chi connectivity index (χ3n) is 8.62. The molecule has 1 aromatic rings. The number of amides is 2. The van der Waals surface area contributed by atoms with Crippen LogP contribution in [-0.2, 0) is 19.1 Å². The van der Waals surface area contributed by atoms with Crippen LogP contribution < -0.4 is 10.2 Å². The largest absolute Gasteiger partial charge is 0.466 e. The Morgan fingerprint density at radius 3 is 2.45 bits per heavy atom. The van der Waals surface area contributed by atoms with Crippen LogP contribution in [0.25, 0.3) is 0 Å². The van der Waals surface area contributed by atoms with Gasteiger partial charge in [0, 0.05) is 42.9 Å². The zero-order valence-corrected chi connectivity index (χ0v) is 24.0. The Morgan fingerprint density at radius 1 is 1.13 bits per heavy atom. The minimum Gasteiger partial charge on any atom is -0.466 e. The van der Waals surface area contributed by atoms with Crippen molar-refractivity contribution in [1.29, 1.82) is 0 Å². The number of esters is 1. The van der Waals surface area contributed by atoms with Crippen LogP contribution in [-0.4, -0.2) is 76.7 Å². The Bertz CT molecular complexity index is 1000. The maximum atomic E-state index is 14.0. The number of aliphatic hydroxyl groups is 1. The number of hydrogen-bond donors (Lipinski definition) is 2. The summed E-state index contributed by atoms with van der Waals surface area (Å²) in [5.41, 5.74) is 1.80. The lowest BCUT2D eigenvalue weighted by Gasteiger charge is -2.38. The summed E-state index contributed by atoms with van der Waals surface area (Å²) in [6, 6.07) is 7.21. The highest BCUT2D eigenvalue weighted by Gasteiger charge is 2.76. The van der Waals surface area contributed by atoms with E-state index < -0.39 is 22.6 Å². The van der Waals surface area contributed by atoms with Gasteiger partial charge >= 0.3 is 5.97 Å². The quantitative estimate of drug-likeness (QED) is 0.286. The molecule has 0 saturated carbocycles. The second-order valence-corrected chi connectivity index (χ2v) is 12.2. The predicted molar refractivity (Wildman–Crippen MR) is 151 cm³/mol. The fraction of sp³-hybridized carbons (Fsp3) is 0.690. The van der Waals surface area contributed by atoms with Gasteiger partial charge in [0.05, 0.1) is 23.2 Å². The molecule has 2 bridgehead atoms. The SMILES string of the molecule is CCOC(=O)[C@@H]1[C@H]2C(=O)N(CCCCCCO)C(C(=O)Nc3ccc(N(CC)CC)cc3)C23S[C@@H]1CC3C. The van der Waals surface area contributed by atoms with Crippen molar-refractivity contribution in [2.45, 2.75) is 75.8 Å². The molecule has 4 rings (SSSR count). The van der Waals surface area contributed by atoms with Crippen LogP contribution in [0.3, 0.4) is 0 Å². The van der Waals surface area contributed by atoms with Crippen LogP contribution in [0, 0.1) is 17.8 Å². The average Bonchev–Trinajstić information content (AvgIpc) is 3.49. The standard InChI is InChI=1S/C29H43N3O5S/c1-5-31(6-2)21-14-12-20(13-15-21)30-26(34)25-29-19(4)18-22(38-29)23(28(36)37-7-3)24(29)27(35)32(25)16-10-8-9-11-17-33/h12-15,19,22-25,33H,5-11,16-18H2,1-4H3,(H,30,34)/t19?,22-,23+,24+,25?,29?/m1/s1. The Kier molecular flexibility index (Phi) is 9.29. The molecular weight excluding hydrogens is 502 g/mol. The molecule has 3 aliphatic heterocycles. The summed E-state index contributed by atoms with van der Waals surface area (Å²) in [6.07, 6.45) is 4.03. The molecule has 1 spiro atoms. The van der Waals surface area contributed by atoms with Gasteiger partial charge < -0.3 is 25.0 Å². The van der Waals surface area contributed by atoms with E-state index in [0.29, 0.717) is 12.2 Å². The van der Waals surface area contributed by atoms with E-state index in [1.165, 1.54) is 0 Å². The summed E-state index contributed by atoms with van der Waals surface area (Å²) in [5, 5.41) is 12.2. The fourth-order valence-electron chi connectivity index (χ4n) is 6.87. The van der Waals surface area contributed by atoms with E-state index in [-0.39, 0.29) is 42.2 Å². The van der Waals surface area contributed by atoms with Crippen LogP contribution in [0.4, 0.5) is 11.4 Å². The topological polar surface area (TPSA) is 99.2 Å². The Labute approximate surface area is 230 Å². The fourth-order valence-corrected chi connectivity index (χ4v) is 9.28. The van der Waals surface area contributed by atoms with Crippen LogP contribution in [0.2, 0.25) is 0 Å². The molecule has 0 aliphatic carbocycles. The van der Waals surface area contributed by atoms with Gasteiger partial charge in [0.2, 0.25) is 11.8 Å². The highest BCUT2D eigenvalue weighted by Crippen LogP contribution is 2.68. The summed E-state index contributed by atoms with van der Waals surface area (Å²) in [5.74, 6) is -1.52. The molecule has 0 radical (unpaired) electrons. The first-order chi connectivity index (χ1) is 18.3. The molecule has 9 heteroatoms. The number of hydrogen-bond acceptors (Lipinski definition) is 7. The average molecular weight is 546 g/mol. The molecule has 38 heavy (non-hydrogen) atoms. The molecule has 8 nitrogen and oxygen atoms in total. The van der Waals surface area contributed by atoms with Crippen molar-refractivity contribution in [2.75, 3.05) is 43.1 Å². The van der Waals surface area contributed by atoms with Crippen molar-refractivity contribution in [3.63, 3.8) is 0 Å². The van der Waals surface area contributed by atoms with Crippen molar-refractivity contribution in [1.82, 2.24) is 4.90 Å². The van der Waals surface area contributed by atoms with Gasteiger partial charge in [-0.1, -0.05) is 19.8 Å².